The largest absolute Gasteiger partial charge is 0.118 e. The van der Waals surface area contributed by atoms with Gasteiger partial charge in [0.05, 0.1) is 5.38 Å². The van der Waals surface area contributed by atoms with E-state index in [2.05, 4.69) is 45.0 Å². The molecule has 0 aromatic heterocycles. The summed E-state index contributed by atoms with van der Waals surface area (Å²) in [6.45, 7) is 6.72. The van der Waals surface area contributed by atoms with Gasteiger partial charge in [0, 0.05) is 0 Å². The molecule has 1 saturated carbocycles. The van der Waals surface area contributed by atoms with Crippen LogP contribution in [-0.2, 0) is 5.41 Å². The van der Waals surface area contributed by atoms with E-state index in [1.165, 1.54) is 24.0 Å². The highest BCUT2D eigenvalue weighted by Gasteiger charge is 2.25. The molecule has 1 fully saturated rings. The number of rotatable bonds is 3. The van der Waals surface area contributed by atoms with Gasteiger partial charge >= 0.3 is 0 Å². The summed E-state index contributed by atoms with van der Waals surface area (Å²) in [6, 6.07) is 8.83. The Morgan fingerprint density at radius 3 is 2.19 bits per heavy atom. The highest BCUT2D eigenvalue weighted by atomic mass is 35.5. The summed E-state index contributed by atoms with van der Waals surface area (Å²) in [7, 11) is 0. The lowest BCUT2D eigenvalue weighted by Crippen LogP contribution is -2.10. The normalized spacial score (nSPS) is 18.5. The van der Waals surface area contributed by atoms with Gasteiger partial charge in [-0.3, -0.25) is 0 Å². The van der Waals surface area contributed by atoms with Crippen LogP contribution in [-0.4, -0.2) is 0 Å². The van der Waals surface area contributed by atoms with Crippen LogP contribution in [0.25, 0.3) is 0 Å². The van der Waals surface area contributed by atoms with Crippen LogP contribution < -0.4 is 0 Å². The smallest absolute Gasteiger partial charge is 0.0587 e. The van der Waals surface area contributed by atoms with E-state index in [-0.39, 0.29) is 10.8 Å². The summed E-state index contributed by atoms with van der Waals surface area (Å²) >= 11 is 6.41. The number of hydrogen-bond acceptors (Lipinski definition) is 0. The van der Waals surface area contributed by atoms with Crippen LogP contribution in [0.4, 0.5) is 0 Å². The van der Waals surface area contributed by atoms with Crippen LogP contribution in [0.2, 0.25) is 0 Å². The molecule has 0 bridgehead atoms. The van der Waals surface area contributed by atoms with Gasteiger partial charge in [0.1, 0.15) is 0 Å². The summed E-state index contributed by atoms with van der Waals surface area (Å²) in [5.74, 6) is 0.893. The van der Waals surface area contributed by atoms with Crippen LogP contribution in [0.1, 0.15) is 56.5 Å². The first-order valence-corrected chi connectivity index (χ1v) is 6.65. The fourth-order valence-corrected chi connectivity index (χ4v) is 2.37. The molecule has 1 unspecified atom stereocenters. The molecule has 1 atom stereocenters. The lowest BCUT2D eigenvalue weighted by Gasteiger charge is -2.20. The zero-order valence-electron chi connectivity index (χ0n) is 10.5. The van der Waals surface area contributed by atoms with E-state index < -0.39 is 0 Å². The monoisotopic (exact) mass is 236 g/mol. The molecule has 16 heavy (non-hydrogen) atoms. The maximum atomic E-state index is 6.41. The molecule has 1 aliphatic rings. The minimum atomic E-state index is 0.210. The van der Waals surface area contributed by atoms with E-state index >= 15 is 0 Å². The molecule has 0 N–H and O–H groups in total. The quantitative estimate of drug-likeness (QED) is 0.644. The van der Waals surface area contributed by atoms with Gasteiger partial charge in [-0.05, 0) is 28.9 Å². The number of halogens is 1. The van der Waals surface area contributed by atoms with Crippen molar-refractivity contribution in [3.8, 4) is 0 Å². The van der Waals surface area contributed by atoms with Crippen molar-refractivity contribution in [2.45, 2.75) is 50.8 Å². The summed E-state index contributed by atoms with van der Waals surface area (Å²) in [5.41, 5.74) is 2.89. The lowest BCUT2D eigenvalue weighted by atomic mass is 9.86. The van der Waals surface area contributed by atoms with Crippen molar-refractivity contribution in [2.24, 2.45) is 5.92 Å². The van der Waals surface area contributed by atoms with Crippen LogP contribution in [0, 0.1) is 5.92 Å². The fraction of sp³-hybridized carbons (Fsp3) is 0.600. The van der Waals surface area contributed by atoms with Crippen molar-refractivity contribution in [2.75, 3.05) is 0 Å². The minimum Gasteiger partial charge on any atom is -0.118 e. The highest BCUT2D eigenvalue weighted by Crippen LogP contribution is 2.40. The Bertz CT molecular complexity index is 341. The molecule has 2 rings (SSSR count). The van der Waals surface area contributed by atoms with E-state index in [9.17, 15) is 0 Å². The Balaban J connectivity index is 2.05. The molecule has 0 spiro atoms. The van der Waals surface area contributed by atoms with Crippen molar-refractivity contribution in [3.63, 3.8) is 0 Å². The Hall–Kier alpha value is -0.490. The summed E-state index contributed by atoms with van der Waals surface area (Å²) in [5, 5.41) is 0.210. The molecular weight excluding hydrogens is 216 g/mol. The van der Waals surface area contributed by atoms with Gasteiger partial charge in [0.2, 0.25) is 0 Å². The fourth-order valence-electron chi connectivity index (χ4n) is 1.97. The molecule has 0 saturated heterocycles. The summed E-state index contributed by atoms with van der Waals surface area (Å²) in [6.07, 6.45) is 3.91. The Morgan fingerprint density at radius 2 is 1.75 bits per heavy atom. The number of benzene rings is 1. The predicted octanol–water partition coefficient (Wildman–Crippen LogP) is 5.06. The van der Waals surface area contributed by atoms with Gasteiger partial charge < -0.3 is 0 Å². The van der Waals surface area contributed by atoms with Gasteiger partial charge in [-0.1, -0.05) is 57.9 Å². The molecule has 0 amide bonds. The van der Waals surface area contributed by atoms with Crippen LogP contribution in [0.15, 0.2) is 24.3 Å². The van der Waals surface area contributed by atoms with Gasteiger partial charge in [0.15, 0.2) is 0 Å². The third kappa shape index (κ3) is 3.01. The Kier molecular flexibility index (Phi) is 3.30. The molecule has 0 heterocycles. The molecule has 1 aromatic rings. The van der Waals surface area contributed by atoms with Gasteiger partial charge in [-0.15, -0.1) is 11.6 Å². The van der Waals surface area contributed by atoms with Crippen molar-refractivity contribution in [3.05, 3.63) is 35.4 Å². The Labute approximate surface area is 104 Å². The molecule has 0 radical (unpaired) electrons. The first kappa shape index (κ1) is 12.0. The molecule has 1 aliphatic carbocycles. The van der Waals surface area contributed by atoms with Crippen LogP contribution >= 0.6 is 11.6 Å². The third-order valence-corrected chi connectivity index (χ3v) is 3.81. The van der Waals surface area contributed by atoms with E-state index in [1.807, 2.05) is 0 Å². The molecule has 1 aromatic carbocycles. The molecule has 0 nitrogen and oxygen atoms in total. The summed E-state index contributed by atoms with van der Waals surface area (Å²) < 4.78 is 0. The second-order valence-electron chi connectivity index (χ2n) is 6.02. The van der Waals surface area contributed by atoms with Crippen LogP contribution in [0.5, 0.6) is 0 Å². The van der Waals surface area contributed by atoms with E-state index in [0.29, 0.717) is 0 Å². The zero-order valence-corrected chi connectivity index (χ0v) is 11.2. The van der Waals surface area contributed by atoms with E-state index in [4.69, 9.17) is 11.6 Å². The average molecular weight is 237 g/mol. The van der Waals surface area contributed by atoms with Gasteiger partial charge in [0.25, 0.3) is 0 Å². The van der Waals surface area contributed by atoms with E-state index in [0.717, 1.165) is 12.3 Å². The maximum Gasteiger partial charge on any atom is 0.0587 e. The third-order valence-electron chi connectivity index (χ3n) is 3.38. The number of alkyl halides is 1. The van der Waals surface area contributed by atoms with Gasteiger partial charge in [-0.2, -0.15) is 0 Å². The molecule has 88 valence electrons. The highest BCUT2D eigenvalue weighted by molar-refractivity contribution is 6.20. The zero-order chi connectivity index (χ0) is 11.8. The topological polar surface area (TPSA) is 0 Å². The molecular formula is C15H21Cl. The predicted molar refractivity (Wildman–Crippen MR) is 71.1 cm³/mol. The first-order chi connectivity index (χ1) is 7.47. The summed E-state index contributed by atoms with van der Waals surface area (Å²) in [4.78, 5) is 0. The van der Waals surface area contributed by atoms with Crippen molar-refractivity contribution < 1.29 is 0 Å². The standard InChI is InChI=1S/C15H21Cl/c1-15(2,3)13-8-6-12(7-9-13)14(16)10-11-4-5-11/h6-9,11,14H,4-5,10H2,1-3H3. The molecule has 0 aliphatic heterocycles. The maximum absolute atomic E-state index is 6.41. The van der Waals surface area contributed by atoms with Crippen LogP contribution in [0.3, 0.4) is 0 Å². The van der Waals surface area contributed by atoms with Crippen molar-refractivity contribution in [1.82, 2.24) is 0 Å². The second kappa shape index (κ2) is 4.41. The number of hydrogen-bond donors (Lipinski definition) is 0. The minimum absolute atomic E-state index is 0.210. The average Bonchev–Trinajstić information content (AvgIpc) is 3.00. The lowest BCUT2D eigenvalue weighted by molar-refractivity contribution is 0.589. The molecule has 1 heteroatoms. The SMILES string of the molecule is CC(C)(C)c1ccc(C(Cl)CC2CC2)cc1. The first-order valence-electron chi connectivity index (χ1n) is 6.21. The second-order valence-corrected chi connectivity index (χ2v) is 6.55. The van der Waals surface area contributed by atoms with E-state index in [1.54, 1.807) is 0 Å². The van der Waals surface area contributed by atoms with Gasteiger partial charge in [-0.25, -0.2) is 0 Å². The van der Waals surface area contributed by atoms with Crippen molar-refractivity contribution >= 4 is 11.6 Å². The Morgan fingerprint density at radius 1 is 1.19 bits per heavy atom. The van der Waals surface area contributed by atoms with Crippen molar-refractivity contribution in [1.29, 1.82) is 0 Å².